The summed E-state index contributed by atoms with van der Waals surface area (Å²) in [5.74, 6) is 0.905. The first kappa shape index (κ1) is 12.4. The first-order chi connectivity index (χ1) is 9.31. The first-order valence-corrected chi connectivity index (χ1v) is 6.55. The van der Waals surface area contributed by atoms with Crippen LogP contribution in [0.4, 0.5) is 5.95 Å². The van der Waals surface area contributed by atoms with Crippen molar-refractivity contribution in [2.75, 3.05) is 32.3 Å². The number of H-pyrrole nitrogens is 1. The molecule has 1 N–H and O–H groups in total. The number of imidazole rings is 1. The molecule has 3 rings (SSSR count). The van der Waals surface area contributed by atoms with Gasteiger partial charge in [0.2, 0.25) is 5.95 Å². The Morgan fingerprint density at radius 1 is 1.37 bits per heavy atom. The van der Waals surface area contributed by atoms with Crippen LogP contribution in [0.1, 0.15) is 6.42 Å². The van der Waals surface area contributed by atoms with Crippen LogP contribution < -0.4 is 4.90 Å². The molecule has 2 aromatic rings. The number of aromatic amines is 1. The predicted octanol–water partition coefficient (Wildman–Crippen LogP) is 1.80. The average Bonchev–Trinajstić information content (AvgIpc) is 3.01. The second-order valence-corrected chi connectivity index (χ2v) is 4.93. The maximum absolute atomic E-state index is 5.47. The molecule has 0 amide bonds. The van der Waals surface area contributed by atoms with Crippen molar-refractivity contribution in [2.24, 2.45) is 0 Å². The number of rotatable bonds is 4. The number of ether oxygens (including phenoxy) is 2. The molecule has 1 aromatic carbocycles. The number of nitrogens with zero attached hydrogens (tertiary/aromatic N) is 2. The number of hydrogen-bond donors (Lipinski definition) is 1. The van der Waals surface area contributed by atoms with Gasteiger partial charge in [-0.1, -0.05) is 12.1 Å². The zero-order valence-corrected chi connectivity index (χ0v) is 11.3. The highest BCUT2D eigenvalue weighted by Gasteiger charge is 2.33. The van der Waals surface area contributed by atoms with Crippen LogP contribution in [0.2, 0.25) is 0 Å². The number of para-hydroxylation sites is 2. The lowest BCUT2D eigenvalue weighted by atomic mass is 10.2. The standard InChI is InChI=1S/C14H19N3O2/c1-18-9-10-7-11(19-2)8-17(10)14-15-12-5-3-4-6-13(12)16-14/h3-6,10-11H,7-9H2,1-2H3,(H,15,16)/t10-,11-/m0/s1. The van der Waals surface area contributed by atoms with Crippen molar-refractivity contribution >= 4 is 17.0 Å². The van der Waals surface area contributed by atoms with E-state index in [1.807, 2.05) is 24.3 Å². The number of anilines is 1. The SMILES string of the molecule is COC[C@@H]1C[C@H](OC)CN1c1nc2ccccc2[nH]1. The Balaban J connectivity index is 1.90. The molecule has 0 unspecified atom stereocenters. The fourth-order valence-corrected chi connectivity index (χ4v) is 2.73. The van der Waals surface area contributed by atoms with Gasteiger partial charge in [0.15, 0.2) is 0 Å². The number of benzene rings is 1. The average molecular weight is 261 g/mol. The molecule has 5 nitrogen and oxygen atoms in total. The van der Waals surface area contributed by atoms with E-state index in [2.05, 4.69) is 14.9 Å². The third-order valence-corrected chi connectivity index (χ3v) is 3.72. The van der Waals surface area contributed by atoms with E-state index in [1.165, 1.54) is 0 Å². The molecule has 2 heterocycles. The van der Waals surface area contributed by atoms with Crippen LogP contribution in [-0.2, 0) is 9.47 Å². The Hall–Kier alpha value is -1.59. The third-order valence-electron chi connectivity index (χ3n) is 3.72. The summed E-state index contributed by atoms with van der Waals surface area (Å²) in [4.78, 5) is 10.3. The van der Waals surface area contributed by atoms with Crippen molar-refractivity contribution in [2.45, 2.75) is 18.6 Å². The van der Waals surface area contributed by atoms with Crippen LogP contribution in [0.15, 0.2) is 24.3 Å². The van der Waals surface area contributed by atoms with E-state index in [0.29, 0.717) is 12.6 Å². The second-order valence-electron chi connectivity index (χ2n) is 4.93. The van der Waals surface area contributed by atoms with Crippen LogP contribution in [0, 0.1) is 0 Å². The van der Waals surface area contributed by atoms with Crippen molar-refractivity contribution in [1.82, 2.24) is 9.97 Å². The summed E-state index contributed by atoms with van der Waals surface area (Å²) in [7, 11) is 3.49. The number of fused-ring (bicyclic) bond motifs is 1. The highest BCUT2D eigenvalue weighted by Crippen LogP contribution is 2.26. The molecule has 1 saturated heterocycles. The molecule has 2 atom stereocenters. The minimum absolute atomic E-state index is 0.244. The number of nitrogens with one attached hydrogen (secondary N) is 1. The summed E-state index contributed by atoms with van der Waals surface area (Å²) in [6.07, 6.45) is 1.22. The maximum Gasteiger partial charge on any atom is 0.204 e. The topological polar surface area (TPSA) is 50.4 Å². The highest BCUT2D eigenvalue weighted by atomic mass is 16.5. The van der Waals surface area contributed by atoms with Gasteiger partial charge in [-0.25, -0.2) is 4.98 Å². The van der Waals surface area contributed by atoms with Crippen LogP contribution in [0.25, 0.3) is 11.0 Å². The summed E-state index contributed by atoms with van der Waals surface area (Å²) < 4.78 is 10.8. The lowest BCUT2D eigenvalue weighted by Crippen LogP contribution is -2.33. The molecule has 0 saturated carbocycles. The number of methoxy groups -OCH3 is 2. The molecule has 0 aliphatic carbocycles. The molecular formula is C14H19N3O2. The van der Waals surface area contributed by atoms with Gasteiger partial charge in [0.05, 0.1) is 29.8 Å². The second kappa shape index (κ2) is 5.19. The number of hydrogen-bond acceptors (Lipinski definition) is 4. The fraction of sp³-hybridized carbons (Fsp3) is 0.500. The van der Waals surface area contributed by atoms with E-state index in [-0.39, 0.29) is 6.10 Å². The monoisotopic (exact) mass is 261 g/mol. The molecule has 5 heteroatoms. The van der Waals surface area contributed by atoms with Crippen LogP contribution in [0.5, 0.6) is 0 Å². The van der Waals surface area contributed by atoms with E-state index in [4.69, 9.17) is 9.47 Å². The van der Waals surface area contributed by atoms with Gasteiger partial charge in [-0.15, -0.1) is 0 Å². The molecule has 102 valence electrons. The van der Waals surface area contributed by atoms with Gasteiger partial charge in [-0.2, -0.15) is 0 Å². The van der Waals surface area contributed by atoms with Crippen LogP contribution in [-0.4, -0.2) is 49.5 Å². The van der Waals surface area contributed by atoms with E-state index in [1.54, 1.807) is 14.2 Å². The van der Waals surface area contributed by atoms with E-state index in [9.17, 15) is 0 Å². The quantitative estimate of drug-likeness (QED) is 0.912. The van der Waals surface area contributed by atoms with Crippen molar-refractivity contribution in [1.29, 1.82) is 0 Å². The Morgan fingerprint density at radius 2 is 2.21 bits per heavy atom. The molecule has 1 fully saturated rings. The van der Waals surface area contributed by atoms with Crippen molar-refractivity contribution in [3.8, 4) is 0 Å². The molecule has 1 aliphatic rings. The largest absolute Gasteiger partial charge is 0.383 e. The van der Waals surface area contributed by atoms with Gasteiger partial charge in [-0.3, -0.25) is 0 Å². The van der Waals surface area contributed by atoms with Gasteiger partial charge in [0, 0.05) is 20.8 Å². The van der Waals surface area contributed by atoms with Crippen molar-refractivity contribution in [3.05, 3.63) is 24.3 Å². The van der Waals surface area contributed by atoms with E-state index >= 15 is 0 Å². The van der Waals surface area contributed by atoms with Gasteiger partial charge in [0.25, 0.3) is 0 Å². The van der Waals surface area contributed by atoms with Gasteiger partial charge in [-0.05, 0) is 18.6 Å². The Kier molecular flexibility index (Phi) is 3.40. The Bertz CT molecular complexity index is 521. The maximum atomic E-state index is 5.47. The van der Waals surface area contributed by atoms with Crippen molar-refractivity contribution < 1.29 is 9.47 Å². The fourth-order valence-electron chi connectivity index (χ4n) is 2.73. The van der Waals surface area contributed by atoms with Crippen molar-refractivity contribution in [3.63, 3.8) is 0 Å². The molecule has 19 heavy (non-hydrogen) atoms. The summed E-state index contributed by atoms with van der Waals surface area (Å²) in [6, 6.07) is 8.39. The number of aromatic nitrogens is 2. The predicted molar refractivity (Wildman–Crippen MR) is 74.5 cm³/mol. The van der Waals surface area contributed by atoms with Crippen LogP contribution >= 0.6 is 0 Å². The lowest BCUT2D eigenvalue weighted by molar-refractivity contribution is 0.111. The first-order valence-electron chi connectivity index (χ1n) is 6.55. The molecular weight excluding hydrogens is 242 g/mol. The molecule has 0 bridgehead atoms. The van der Waals surface area contributed by atoms with Gasteiger partial charge < -0.3 is 19.4 Å². The molecule has 0 spiro atoms. The Labute approximate surface area is 112 Å². The molecule has 1 aliphatic heterocycles. The van der Waals surface area contributed by atoms with E-state index in [0.717, 1.165) is 29.9 Å². The lowest BCUT2D eigenvalue weighted by Gasteiger charge is -2.22. The van der Waals surface area contributed by atoms with E-state index < -0.39 is 0 Å². The van der Waals surface area contributed by atoms with Crippen LogP contribution in [0.3, 0.4) is 0 Å². The molecule has 1 aromatic heterocycles. The summed E-state index contributed by atoms with van der Waals surface area (Å²) in [6.45, 7) is 1.54. The zero-order chi connectivity index (χ0) is 13.2. The summed E-state index contributed by atoms with van der Waals surface area (Å²) in [5, 5.41) is 0. The minimum Gasteiger partial charge on any atom is -0.383 e. The third kappa shape index (κ3) is 2.31. The zero-order valence-electron chi connectivity index (χ0n) is 11.3. The normalized spacial score (nSPS) is 23.4. The summed E-state index contributed by atoms with van der Waals surface area (Å²) in [5.41, 5.74) is 2.06. The van der Waals surface area contributed by atoms with Gasteiger partial charge >= 0.3 is 0 Å². The Morgan fingerprint density at radius 3 is 2.95 bits per heavy atom. The summed E-state index contributed by atoms with van der Waals surface area (Å²) >= 11 is 0. The smallest absolute Gasteiger partial charge is 0.204 e. The molecule has 0 radical (unpaired) electrons. The highest BCUT2D eigenvalue weighted by molar-refractivity contribution is 5.77. The minimum atomic E-state index is 0.244. The van der Waals surface area contributed by atoms with Gasteiger partial charge in [0.1, 0.15) is 0 Å².